The Hall–Kier alpha value is -0.610. The van der Waals surface area contributed by atoms with Crippen LogP contribution in [0.4, 0.5) is 0 Å². The van der Waals surface area contributed by atoms with Gasteiger partial charge in [0.2, 0.25) is 5.91 Å². The van der Waals surface area contributed by atoms with Gasteiger partial charge in [0.1, 0.15) is 0 Å². The van der Waals surface area contributed by atoms with E-state index in [0.29, 0.717) is 23.9 Å². The Kier molecular flexibility index (Phi) is 3.34. The number of carbonyl (C=O) groups excluding carboxylic acids is 1. The maximum Gasteiger partial charge on any atom is 0.225 e. The first-order valence-corrected chi connectivity index (χ1v) is 7.71. The molecule has 2 aliphatic carbocycles. The van der Waals surface area contributed by atoms with Crippen LogP contribution in [0.1, 0.15) is 46.0 Å². The van der Waals surface area contributed by atoms with E-state index in [-0.39, 0.29) is 11.5 Å². The largest absolute Gasteiger partial charge is 0.392 e. The highest BCUT2D eigenvalue weighted by Gasteiger charge is 2.48. The number of carbonyl (C=O) groups is 1. The summed E-state index contributed by atoms with van der Waals surface area (Å²) >= 11 is 0. The molecule has 1 amide bonds. The number of aliphatic hydroxyl groups excluding tert-OH is 1. The molecule has 3 aliphatic rings. The summed E-state index contributed by atoms with van der Waals surface area (Å²) in [7, 11) is 0. The molecule has 1 saturated heterocycles. The number of aliphatic hydroxyl groups is 1. The number of piperidine rings is 1. The molecule has 19 heavy (non-hydrogen) atoms. The highest BCUT2D eigenvalue weighted by Crippen LogP contribution is 2.41. The minimum Gasteiger partial charge on any atom is -0.392 e. The molecule has 4 heteroatoms. The van der Waals surface area contributed by atoms with Crippen molar-refractivity contribution >= 4 is 5.91 Å². The fraction of sp³-hybridized carbons (Fsp3) is 0.933. The van der Waals surface area contributed by atoms with Crippen molar-refractivity contribution in [3.8, 4) is 0 Å². The van der Waals surface area contributed by atoms with E-state index in [1.54, 1.807) is 0 Å². The first-order chi connectivity index (χ1) is 8.98. The summed E-state index contributed by atoms with van der Waals surface area (Å²) in [6.07, 6.45) is 5.02. The van der Waals surface area contributed by atoms with Crippen molar-refractivity contribution in [3.05, 3.63) is 0 Å². The average Bonchev–Trinajstić information content (AvgIpc) is 3.23. The second-order valence-corrected chi connectivity index (χ2v) is 7.17. The fourth-order valence-electron chi connectivity index (χ4n) is 3.32. The SMILES string of the molecule is CC1(C)C(O)CC1NC1CCN(C(=O)C2CC2)CC1. The number of hydrogen-bond acceptors (Lipinski definition) is 3. The smallest absolute Gasteiger partial charge is 0.225 e. The maximum absolute atomic E-state index is 12.0. The van der Waals surface area contributed by atoms with Gasteiger partial charge in [-0.2, -0.15) is 0 Å². The molecule has 1 heterocycles. The van der Waals surface area contributed by atoms with E-state index in [1.807, 2.05) is 0 Å². The standard InChI is InChI=1S/C15H26N2O2/c1-15(2)12(9-13(15)18)16-11-5-7-17(8-6-11)14(19)10-3-4-10/h10-13,16,18H,3-9H2,1-2H3. The van der Waals surface area contributed by atoms with Gasteiger partial charge in [-0.15, -0.1) is 0 Å². The van der Waals surface area contributed by atoms with Gasteiger partial charge in [0.05, 0.1) is 6.10 Å². The molecule has 0 spiro atoms. The van der Waals surface area contributed by atoms with Crippen LogP contribution < -0.4 is 5.32 Å². The normalized spacial score (nSPS) is 35.0. The van der Waals surface area contributed by atoms with Gasteiger partial charge < -0.3 is 15.3 Å². The van der Waals surface area contributed by atoms with Crippen LogP contribution >= 0.6 is 0 Å². The zero-order valence-electron chi connectivity index (χ0n) is 12.1. The first kappa shape index (κ1) is 13.4. The Balaban J connectivity index is 1.44. The molecule has 108 valence electrons. The minimum absolute atomic E-state index is 0.000959. The molecule has 0 radical (unpaired) electrons. The molecular weight excluding hydrogens is 240 g/mol. The molecule has 0 aromatic carbocycles. The Morgan fingerprint density at radius 2 is 1.84 bits per heavy atom. The van der Waals surface area contributed by atoms with Gasteiger partial charge in [-0.05, 0) is 32.1 Å². The lowest BCUT2D eigenvalue weighted by Crippen LogP contribution is -2.63. The molecule has 4 nitrogen and oxygen atoms in total. The Morgan fingerprint density at radius 3 is 2.32 bits per heavy atom. The lowest BCUT2D eigenvalue weighted by atomic mass is 9.64. The minimum atomic E-state index is -0.165. The van der Waals surface area contributed by atoms with Gasteiger partial charge in [0, 0.05) is 36.5 Å². The molecule has 2 saturated carbocycles. The lowest BCUT2D eigenvalue weighted by Gasteiger charge is -2.51. The molecule has 3 fully saturated rings. The number of likely N-dealkylation sites (tertiary alicyclic amines) is 1. The van der Waals surface area contributed by atoms with Crippen molar-refractivity contribution in [1.29, 1.82) is 0 Å². The number of amides is 1. The van der Waals surface area contributed by atoms with E-state index in [0.717, 1.165) is 45.2 Å². The van der Waals surface area contributed by atoms with Crippen molar-refractivity contribution in [2.75, 3.05) is 13.1 Å². The predicted octanol–water partition coefficient (Wildman–Crippen LogP) is 1.14. The molecule has 1 aliphatic heterocycles. The monoisotopic (exact) mass is 266 g/mol. The third-order valence-corrected chi connectivity index (χ3v) is 5.39. The maximum atomic E-state index is 12.0. The van der Waals surface area contributed by atoms with E-state index in [4.69, 9.17) is 0 Å². The molecule has 2 N–H and O–H groups in total. The third kappa shape index (κ3) is 2.52. The number of hydrogen-bond donors (Lipinski definition) is 2. The van der Waals surface area contributed by atoms with Crippen molar-refractivity contribution in [2.24, 2.45) is 11.3 Å². The van der Waals surface area contributed by atoms with E-state index in [2.05, 4.69) is 24.1 Å². The number of rotatable bonds is 3. The number of nitrogens with zero attached hydrogens (tertiary/aromatic N) is 1. The zero-order valence-corrected chi connectivity index (χ0v) is 12.1. The summed E-state index contributed by atoms with van der Waals surface area (Å²) in [4.78, 5) is 14.0. The Morgan fingerprint density at radius 1 is 1.21 bits per heavy atom. The molecule has 0 aromatic heterocycles. The summed E-state index contributed by atoms with van der Waals surface area (Å²) in [5, 5.41) is 13.4. The second-order valence-electron chi connectivity index (χ2n) is 7.17. The molecule has 3 rings (SSSR count). The molecule has 2 unspecified atom stereocenters. The molecular formula is C15H26N2O2. The van der Waals surface area contributed by atoms with E-state index >= 15 is 0 Å². The summed E-state index contributed by atoms with van der Waals surface area (Å²) in [5.74, 6) is 0.739. The van der Waals surface area contributed by atoms with Gasteiger partial charge in [0.15, 0.2) is 0 Å². The van der Waals surface area contributed by atoms with Gasteiger partial charge in [-0.1, -0.05) is 13.8 Å². The van der Waals surface area contributed by atoms with Gasteiger partial charge in [-0.3, -0.25) is 4.79 Å². The topological polar surface area (TPSA) is 52.6 Å². The van der Waals surface area contributed by atoms with E-state index in [9.17, 15) is 9.90 Å². The van der Waals surface area contributed by atoms with Crippen molar-refractivity contribution in [2.45, 2.75) is 64.1 Å². The van der Waals surface area contributed by atoms with Crippen molar-refractivity contribution in [1.82, 2.24) is 10.2 Å². The van der Waals surface area contributed by atoms with Crippen molar-refractivity contribution in [3.63, 3.8) is 0 Å². The van der Waals surface area contributed by atoms with Crippen LogP contribution in [0.2, 0.25) is 0 Å². The quantitative estimate of drug-likeness (QED) is 0.805. The average molecular weight is 266 g/mol. The van der Waals surface area contributed by atoms with Gasteiger partial charge in [-0.25, -0.2) is 0 Å². The van der Waals surface area contributed by atoms with Crippen LogP contribution in [-0.2, 0) is 4.79 Å². The second kappa shape index (κ2) is 4.74. The molecule has 0 bridgehead atoms. The fourth-order valence-corrected chi connectivity index (χ4v) is 3.32. The van der Waals surface area contributed by atoms with Gasteiger partial charge >= 0.3 is 0 Å². The highest BCUT2D eigenvalue weighted by atomic mass is 16.3. The Labute approximate surface area is 115 Å². The lowest BCUT2D eigenvalue weighted by molar-refractivity contribution is -0.134. The summed E-state index contributed by atoms with van der Waals surface area (Å²) in [6, 6.07) is 0.943. The van der Waals surface area contributed by atoms with Crippen LogP contribution in [0.25, 0.3) is 0 Å². The van der Waals surface area contributed by atoms with Crippen molar-refractivity contribution < 1.29 is 9.90 Å². The summed E-state index contributed by atoms with van der Waals surface area (Å²) < 4.78 is 0. The third-order valence-electron chi connectivity index (χ3n) is 5.39. The summed E-state index contributed by atoms with van der Waals surface area (Å²) in [6.45, 7) is 6.07. The van der Waals surface area contributed by atoms with E-state index < -0.39 is 0 Å². The van der Waals surface area contributed by atoms with Crippen LogP contribution in [-0.4, -0.2) is 47.2 Å². The van der Waals surface area contributed by atoms with Crippen LogP contribution in [0.15, 0.2) is 0 Å². The predicted molar refractivity (Wildman–Crippen MR) is 73.7 cm³/mol. The summed E-state index contributed by atoms with van der Waals surface area (Å²) in [5.41, 5.74) is 0.000959. The van der Waals surface area contributed by atoms with Gasteiger partial charge in [0.25, 0.3) is 0 Å². The van der Waals surface area contributed by atoms with Crippen LogP contribution in [0.5, 0.6) is 0 Å². The first-order valence-electron chi connectivity index (χ1n) is 7.71. The zero-order chi connectivity index (χ0) is 13.6. The Bertz CT molecular complexity index is 357. The van der Waals surface area contributed by atoms with Crippen LogP contribution in [0.3, 0.4) is 0 Å². The number of nitrogens with one attached hydrogen (secondary N) is 1. The molecule has 0 aromatic rings. The van der Waals surface area contributed by atoms with Crippen LogP contribution in [0, 0.1) is 11.3 Å². The molecule has 2 atom stereocenters. The van der Waals surface area contributed by atoms with E-state index in [1.165, 1.54) is 0 Å². The highest BCUT2D eigenvalue weighted by molar-refractivity contribution is 5.81.